The molecule has 10 heteroatoms. The van der Waals surface area contributed by atoms with E-state index in [2.05, 4.69) is 10.6 Å². The number of alkyl carbamates (subject to hydrolysis) is 1. The fraction of sp³-hybridized carbons (Fsp3) is 0.364. The van der Waals surface area contributed by atoms with E-state index in [0.29, 0.717) is 6.61 Å². The summed E-state index contributed by atoms with van der Waals surface area (Å²) in [4.78, 5) is 34.5. The minimum Gasteiger partial charge on any atom is -0.478 e. The molecule has 0 unspecified atom stereocenters. The fourth-order valence-electron chi connectivity index (χ4n) is 2.80. The number of hydrogen-bond acceptors (Lipinski definition) is 7. The SMILES string of the molecule is CC(C)(C)OC(=O)N[C@H](CNc1c(C(=O)O)cccc1[N+](=O)[O-])COCc1ccccc1. The van der Waals surface area contributed by atoms with Crippen LogP contribution in [-0.4, -0.2) is 46.9 Å². The second-order valence-corrected chi connectivity index (χ2v) is 7.99. The van der Waals surface area contributed by atoms with Crippen molar-refractivity contribution < 1.29 is 29.1 Å². The maximum Gasteiger partial charge on any atom is 0.408 e. The highest BCUT2D eigenvalue weighted by Crippen LogP contribution is 2.28. The van der Waals surface area contributed by atoms with Crippen molar-refractivity contribution in [1.29, 1.82) is 0 Å². The van der Waals surface area contributed by atoms with E-state index in [0.717, 1.165) is 5.56 Å². The van der Waals surface area contributed by atoms with Gasteiger partial charge in [0.05, 0.1) is 29.7 Å². The Morgan fingerprint density at radius 2 is 1.81 bits per heavy atom. The Bertz CT molecular complexity index is 910. The molecule has 2 rings (SSSR count). The van der Waals surface area contributed by atoms with Crippen LogP contribution >= 0.6 is 0 Å². The molecule has 0 aliphatic heterocycles. The minimum atomic E-state index is -1.31. The van der Waals surface area contributed by atoms with Crippen LogP contribution in [0.4, 0.5) is 16.2 Å². The molecule has 32 heavy (non-hydrogen) atoms. The second-order valence-electron chi connectivity index (χ2n) is 7.99. The second kappa shape index (κ2) is 11.1. The average Bonchev–Trinajstić information content (AvgIpc) is 2.70. The highest BCUT2D eigenvalue weighted by molar-refractivity contribution is 5.96. The Labute approximate surface area is 185 Å². The van der Waals surface area contributed by atoms with Crippen LogP contribution in [0.5, 0.6) is 0 Å². The maximum absolute atomic E-state index is 12.2. The Balaban J connectivity index is 2.14. The molecule has 0 heterocycles. The standard InChI is InChI=1S/C22H27N3O7/c1-22(2,3)32-21(28)24-16(14-31-13-15-8-5-4-6-9-15)12-23-19-17(20(26)27)10-7-11-18(19)25(29)30/h4-11,16,23H,12-14H2,1-3H3,(H,24,28)(H,26,27)/t16-/m1/s1. The van der Waals surface area contributed by atoms with Gasteiger partial charge in [0.1, 0.15) is 11.3 Å². The predicted octanol–water partition coefficient (Wildman–Crippen LogP) is 3.82. The van der Waals surface area contributed by atoms with Crippen LogP contribution in [0.1, 0.15) is 36.7 Å². The quantitative estimate of drug-likeness (QED) is 0.370. The first kappa shape index (κ1) is 24.6. The Kier molecular flexibility index (Phi) is 8.54. The molecule has 2 aromatic carbocycles. The fourth-order valence-corrected chi connectivity index (χ4v) is 2.80. The largest absolute Gasteiger partial charge is 0.478 e. The van der Waals surface area contributed by atoms with Crippen molar-refractivity contribution in [3.8, 4) is 0 Å². The van der Waals surface area contributed by atoms with Gasteiger partial charge < -0.3 is 25.2 Å². The number of nitro groups is 1. The van der Waals surface area contributed by atoms with Crippen molar-refractivity contribution in [2.75, 3.05) is 18.5 Å². The summed E-state index contributed by atoms with van der Waals surface area (Å²) in [7, 11) is 0. The number of carboxylic acid groups (broad SMARTS) is 1. The van der Waals surface area contributed by atoms with Crippen LogP contribution in [0.3, 0.4) is 0 Å². The summed E-state index contributed by atoms with van der Waals surface area (Å²) in [5.74, 6) is -1.31. The van der Waals surface area contributed by atoms with Gasteiger partial charge in [0.25, 0.3) is 5.69 Å². The molecule has 0 saturated carbocycles. The molecular weight excluding hydrogens is 418 g/mol. The van der Waals surface area contributed by atoms with Crippen molar-refractivity contribution in [2.24, 2.45) is 0 Å². The van der Waals surface area contributed by atoms with E-state index in [1.807, 2.05) is 30.3 Å². The summed E-state index contributed by atoms with van der Waals surface area (Å²) < 4.78 is 11.0. The van der Waals surface area contributed by atoms with E-state index in [1.54, 1.807) is 20.8 Å². The molecule has 1 amide bonds. The summed E-state index contributed by atoms with van der Waals surface area (Å²) in [5.41, 5.74) is -0.569. The zero-order chi connectivity index (χ0) is 23.7. The van der Waals surface area contributed by atoms with Gasteiger partial charge in [-0.2, -0.15) is 0 Å². The van der Waals surface area contributed by atoms with Crippen molar-refractivity contribution in [2.45, 2.75) is 39.0 Å². The van der Waals surface area contributed by atoms with Crippen LogP contribution in [-0.2, 0) is 16.1 Å². The number of nitrogens with zero attached hydrogens (tertiary/aromatic N) is 1. The van der Waals surface area contributed by atoms with E-state index < -0.39 is 28.6 Å². The number of nitrogens with one attached hydrogen (secondary N) is 2. The number of aromatic carboxylic acids is 1. The summed E-state index contributed by atoms with van der Waals surface area (Å²) >= 11 is 0. The first-order valence-electron chi connectivity index (χ1n) is 9.92. The molecule has 0 aromatic heterocycles. The van der Waals surface area contributed by atoms with E-state index >= 15 is 0 Å². The number of hydrogen-bond donors (Lipinski definition) is 3. The molecular formula is C22H27N3O7. The van der Waals surface area contributed by atoms with Gasteiger partial charge in [0, 0.05) is 12.6 Å². The van der Waals surface area contributed by atoms with Crippen LogP contribution in [0.25, 0.3) is 0 Å². The van der Waals surface area contributed by atoms with Gasteiger partial charge in [-0.1, -0.05) is 36.4 Å². The Hall–Kier alpha value is -3.66. The Morgan fingerprint density at radius 3 is 2.41 bits per heavy atom. The minimum absolute atomic E-state index is 0.0286. The molecule has 0 saturated heterocycles. The molecule has 2 aromatic rings. The highest BCUT2D eigenvalue weighted by atomic mass is 16.6. The zero-order valence-corrected chi connectivity index (χ0v) is 18.2. The molecule has 0 aliphatic carbocycles. The third-order valence-electron chi connectivity index (χ3n) is 4.15. The normalized spacial score (nSPS) is 12.0. The molecule has 1 atom stereocenters. The van der Waals surface area contributed by atoms with Crippen molar-refractivity contribution in [1.82, 2.24) is 5.32 Å². The van der Waals surface area contributed by atoms with Gasteiger partial charge in [-0.25, -0.2) is 9.59 Å². The van der Waals surface area contributed by atoms with Crippen LogP contribution in [0.2, 0.25) is 0 Å². The third-order valence-corrected chi connectivity index (χ3v) is 4.15. The van der Waals surface area contributed by atoms with Gasteiger partial charge in [-0.05, 0) is 32.4 Å². The molecule has 3 N–H and O–H groups in total. The molecule has 0 bridgehead atoms. The van der Waals surface area contributed by atoms with Crippen molar-refractivity contribution in [3.63, 3.8) is 0 Å². The summed E-state index contributed by atoms with van der Waals surface area (Å²) in [6.45, 7) is 5.48. The number of anilines is 1. The van der Waals surface area contributed by atoms with Gasteiger partial charge in [-0.3, -0.25) is 10.1 Å². The van der Waals surface area contributed by atoms with Gasteiger partial charge in [0.15, 0.2) is 0 Å². The van der Waals surface area contributed by atoms with Gasteiger partial charge in [-0.15, -0.1) is 0 Å². The van der Waals surface area contributed by atoms with Crippen LogP contribution in [0, 0.1) is 10.1 Å². The number of carbonyl (C=O) groups excluding carboxylic acids is 1. The first-order chi connectivity index (χ1) is 15.1. The first-order valence-corrected chi connectivity index (χ1v) is 9.92. The van der Waals surface area contributed by atoms with E-state index in [-0.39, 0.29) is 30.1 Å². The molecule has 0 fully saturated rings. The van der Waals surface area contributed by atoms with Crippen molar-refractivity contribution >= 4 is 23.4 Å². The number of rotatable bonds is 10. The highest BCUT2D eigenvalue weighted by Gasteiger charge is 2.24. The number of para-hydroxylation sites is 1. The number of amides is 1. The lowest BCUT2D eigenvalue weighted by Crippen LogP contribution is -2.45. The maximum atomic E-state index is 12.2. The molecule has 0 aliphatic rings. The number of benzene rings is 2. The average molecular weight is 445 g/mol. The lowest BCUT2D eigenvalue weighted by molar-refractivity contribution is -0.384. The smallest absolute Gasteiger partial charge is 0.408 e. The zero-order valence-electron chi connectivity index (χ0n) is 18.2. The molecule has 0 spiro atoms. The van der Waals surface area contributed by atoms with E-state index in [1.165, 1.54) is 18.2 Å². The van der Waals surface area contributed by atoms with Crippen molar-refractivity contribution in [3.05, 3.63) is 69.8 Å². The lowest BCUT2D eigenvalue weighted by atomic mass is 10.1. The van der Waals surface area contributed by atoms with Crippen LogP contribution in [0.15, 0.2) is 48.5 Å². The van der Waals surface area contributed by atoms with Crippen LogP contribution < -0.4 is 10.6 Å². The number of carboxylic acids is 1. The van der Waals surface area contributed by atoms with E-state index in [9.17, 15) is 24.8 Å². The summed E-state index contributed by atoms with van der Waals surface area (Å²) in [6, 6.07) is 12.5. The number of carbonyl (C=O) groups is 2. The summed E-state index contributed by atoms with van der Waals surface area (Å²) in [6.07, 6.45) is -0.686. The molecule has 0 radical (unpaired) electrons. The monoisotopic (exact) mass is 445 g/mol. The molecule has 172 valence electrons. The van der Waals surface area contributed by atoms with Gasteiger partial charge >= 0.3 is 12.1 Å². The lowest BCUT2D eigenvalue weighted by Gasteiger charge is -2.24. The number of nitro benzene ring substituents is 1. The molecule has 10 nitrogen and oxygen atoms in total. The third kappa shape index (κ3) is 7.88. The number of ether oxygens (including phenoxy) is 2. The Morgan fingerprint density at radius 1 is 1.12 bits per heavy atom. The van der Waals surface area contributed by atoms with Gasteiger partial charge in [0.2, 0.25) is 0 Å². The van der Waals surface area contributed by atoms with E-state index in [4.69, 9.17) is 9.47 Å². The topological polar surface area (TPSA) is 140 Å². The summed E-state index contributed by atoms with van der Waals surface area (Å²) in [5, 5.41) is 26.2. The predicted molar refractivity (Wildman–Crippen MR) is 118 cm³/mol.